The van der Waals surface area contributed by atoms with Gasteiger partial charge in [-0.05, 0) is 93.3 Å². The van der Waals surface area contributed by atoms with Crippen LogP contribution in [0.1, 0.15) is 0 Å². The van der Waals surface area contributed by atoms with Crippen molar-refractivity contribution in [1.29, 1.82) is 0 Å². The maximum absolute atomic E-state index is 6.54. The molecule has 0 saturated heterocycles. The van der Waals surface area contributed by atoms with Crippen molar-refractivity contribution in [3.8, 4) is 39.5 Å². The van der Waals surface area contributed by atoms with E-state index in [1.54, 1.807) is 0 Å². The van der Waals surface area contributed by atoms with Gasteiger partial charge in [0.15, 0.2) is 5.82 Å². The fraction of sp³-hybridized carbons (Fsp3) is 0. The monoisotopic (exact) mass is 713 g/mol. The summed E-state index contributed by atoms with van der Waals surface area (Å²) in [5.41, 5.74) is 11.2. The standard InChI is InChI=1S/C52H31N3O/c1-2-18-38(19-3-1)55-45-23-9-8-21-40(45)43-29-36(24-26-46(43)55)33-16-10-17-37(28-33)52-53-50(41-22-11-15-32-12-6-7-20-39(32)41)42-25-27-47-49(51(42)54-52)44-30-34-13-4-5-14-35(34)31-48(44)56-47/h1-31H. The Morgan fingerprint density at radius 2 is 1.09 bits per heavy atom. The van der Waals surface area contributed by atoms with Gasteiger partial charge in [0.1, 0.15) is 11.2 Å². The third kappa shape index (κ3) is 4.66. The normalized spacial score (nSPS) is 11.9. The molecule has 260 valence electrons. The molecule has 0 unspecified atom stereocenters. The quantitative estimate of drug-likeness (QED) is 0.182. The van der Waals surface area contributed by atoms with Crippen molar-refractivity contribution in [3.63, 3.8) is 0 Å². The molecule has 3 aromatic heterocycles. The van der Waals surface area contributed by atoms with Crippen molar-refractivity contribution in [1.82, 2.24) is 14.5 Å². The van der Waals surface area contributed by atoms with E-state index >= 15 is 0 Å². The van der Waals surface area contributed by atoms with Crippen LogP contribution in [0.5, 0.6) is 0 Å². The van der Waals surface area contributed by atoms with Gasteiger partial charge in [-0.15, -0.1) is 0 Å². The molecule has 0 saturated carbocycles. The number of benzene rings is 9. The molecule has 0 fully saturated rings. The first-order chi connectivity index (χ1) is 27.7. The van der Waals surface area contributed by atoms with Crippen LogP contribution in [0.4, 0.5) is 0 Å². The lowest BCUT2D eigenvalue weighted by atomic mass is 9.97. The van der Waals surface area contributed by atoms with E-state index in [-0.39, 0.29) is 0 Å². The number of hydrogen-bond donors (Lipinski definition) is 0. The summed E-state index contributed by atoms with van der Waals surface area (Å²) < 4.78 is 8.89. The molecule has 0 atom stereocenters. The predicted molar refractivity (Wildman–Crippen MR) is 232 cm³/mol. The SMILES string of the molecule is c1ccc(-n2c3ccccc3c3cc(-c4cccc(-c5nc(-c6cccc7ccccc67)c6ccc7oc8cc9ccccc9cc8c7c6n5)c4)ccc32)cc1. The second-order valence-corrected chi connectivity index (χ2v) is 14.6. The average Bonchev–Trinajstić information content (AvgIpc) is 3.80. The number of fused-ring (bicyclic) bond motifs is 10. The van der Waals surface area contributed by atoms with E-state index < -0.39 is 0 Å². The van der Waals surface area contributed by atoms with Crippen LogP contribution < -0.4 is 0 Å². The molecule has 0 amide bonds. The topological polar surface area (TPSA) is 43.9 Å². The molecule has 0 N–H and O–H groups in total. The fourth-order valence-electron chi connectivity index (χ4n) is 8.75. The van der Waals surface area contributed by atoms with E-state index in [1.165, 1.54) is 32.6 Å². The highest BCUT2D eigenvalue weighted by Crippen LogP contribution is 2.41. The first kappa shape index (κ1) is 30.9. The summed E-state index contributed by atoms with van der Waals surface area (Å²) in [6.07, 6.45) is 0. The molecule has 56 heavy (non-hydrogen) atoms. The number of para-hydroxylation sites is 2. The lowest BCUT2D eigenvalue weighted by Gasteiger charge is -2.13. The second kappa shape index (κ2) is 12.0. The summed E-state index contributed by atoms with van der Waals surface area (Å²) in [4.78, 5) is 10.9. The van der Waals surface area contributed by atoms with Gasteiger partial charge in [-0.3, -0.25) is 0 Å². The number of furan rings is 1. The molecule has 9 aromatic carbocycles. The number of rotatable bonds is 4. The van der Waals surface area contributed by atoms with E-state index in [4.69, 9.17) is 14.4 Å². The third-order valence-electron chi connectivity index (χ3n) is 11.4. The summed E-state index contributed by atoms with van der Waals surface area (Å²) in [5, 5.41) is 10.1. The van der Waals surface area contributed by atoms with Crippen LogP contribution in [0.2, 0.25) is 0 Å². The Hall–Kier alpha value is -7.56. The molecule has 0 aliphatic rings. The number of nitrogens with zero attached hydrogens (tertiary/aromatic N) is 3. The van der Waals surface area contributed by atoms with Crippen molar-refractivity contribution in [2.75, 3.05) is 0 Å². The predicted octanol–water partition coefficient (Wildman–Crippen LogP) is 13.9. The van der Waals surface area contributed by atoms with Crippen LogP contribution in [0, 0.1) is 0 Å². The average molecular weight is 714 g/mol. The Morgan fingerprint density at radius 3 is 1.98 bits per heavy atom. The highest BCUT2D eigenvalue weighted by molar-refractivity contribution is 6.22. The Morgan fingerprint density at radius 1 is 0.393 bits per heavy atom. The second-order valence-electron chi connectivity index (χ2n) is 14.6. The van der Waals surface area contributed by atoms with Crippen molar-refractivity contribution >= 4 is 76.2 Å². The molecular weight excluding hydrogens is 683 g/mol. The van der Waals surface area contributed by atoms with Crippen LogP contribution in [-0.2, 0) is 0 Å². The van der Waals surface area contributed by atoms with Gasteiger partial charge in [-0.2, -0.15) is 0 Å². The van der Waals surface area contributed by atoms with Gasteiger partial charge in [0.05, 0.1) is 27.6 Å². The van der Waals surface area contributed by atoms with Gasteiger partial charge < -0.3 is 8.98 Å². The Bertz CT molecular complexity index is 3540. The lowest BCUT2D eigenvalue weighted by molar-refractivity contribution is 0.669. The van der Waals surface area contributed by atoms with Crippen LogP contribution in [-0.4, -0.2) is 14.5 Å². The van der Waals surface area contributed by atoms with Crippen molar-refractivity contribution in [3.05, 3.63) is 188 Å². The number of aromatic nitrogens is 3. The highest BCUT2D eigenvalue weighted by Gasteiger charge is 2.20. The van der Waals surface area contributed by atoms with E-state index in [0.717, 1.165) is 77.2 Å². The zero-order chi connectivity index (χ0) is 36.7. The molecule has 0 aliphatic heterocycles. The van der Waals surface area contributed by atoms with Gasteiger partial charge in [0.2, 0.25) is 0 Å². The summed E-state index contributed by atoms with van der Waals surface area (Å²) >= 11 is 0. The molecule has 3 heterocycles. The van der Waals surface area contributed by atoms with Crippen LogP contribution >= 0.6 is 0 Å². The van der Waals surface area contributed by atoms with E-state index in [2.05, 4.69) is 193 Å². The maximum Gasteiger partial charge on any atom is 0.160 e. The van der Waals surface area contributed by atoms with Gasteiger partial charge >= 0.3 is 0 Å². The Balaban J connectivity index is 1.09. The smallest absolute Gasteiger partial charge is 0.160 e. The third-order valence-corrected chi connectivity index (χ3v) is 11.4. The van der Waals surface area contributed by atoms with E-state index in [9.17, 15) is 0 Å². The molecule has 0 radical (unpaired) electrons. The Kier molecular flexibility index (Phi) is 6.60. The molecular formula is C52H31N3O. The highest BCUT2D eigenvalue weighted by atomic mass is 16.3. The van der Waals surface area contributed by atoms with E-state index in [1.807, 2.05) is 0 Å². The minimum absolute atomic E-state index is 0.673. The number of hydrogen-bond acceptors (Lipinski definition) is 3. The van der Waals surface area contributed by atoms with Crippen LogP contribution in [0.15, 0.2) is 192 Å². The molecule has 0 spiro atoms. The maximum atomic E-state index is 6.54. The Labute approximate surface area is 321 Å². The van der Waals surface area contributed by atoms with Crippen LogP contribution in [0.3, 0.4) is 0 Å². The zero-order valence-corrected chi connectivity index (χ0v) is 30.1. The zero-order valence-electron chi connectivity index (χ0n) is 30.1. The summed E-state index contributed by atoms with van der Waals surface area (Å²) in [7, 11) is 0. The molecule has 12 rings (SSSR count). The van der Waals surface area contributed by atoms with Gasteiger partial charge in [0, 0.05) is 38.4 Å². The van der Waals surface area contributed by atoms with Crippen molar-refractivity contribution in [2.45, 2.75) is 0 Å². The van der Waals surface area contributed by atoms with Crippen LogP contribution in [0.25, 0.3) is 116 Å². The van der Waals surface area contributed by atoms with Gasteiger partial charge in [-0.25, -0.2) is 9.97 Å². The summed E-state index contributed by atoms with van der Waals surface area (Å²) in [6, 6.07) is 66.7. The minimum atomic E-state index is 0.673. The molecule has 0 bridgehead atoms. The molecule has 12 aromatic rings. The van der Waals surface area contributed by atoms with Gasteiger partial charge in [0.25, 0.3) is 0 Å². The fourth-order valence-corrected chi connectivity index (χ4v) is 8.75. The molecule has 4 nitrogen and oxygen atoms in total. The minimum Gasteiger partial charge on any atom is -0.456 e. The van der Waals surface area contributed by atoms with Crippen molar-refractivity contribution in [2.24, 2.45) is 0 Å². The summed E-state index contributed by atoms with van der Waals surface area (Å²) in [6.45, 7) is 0. The largest absolute Gasteiger partial charge is 0.456 e. The van der Waals surface area contributed by atoms with Gasteiger partial charge in [-0.1, -0.05) is 127 Å². The summed E-state index contributed by atoms with van der Waals surface area (Å²) in [5.74, 6) is 0.673. The molecule has 0 aliphatic carbocycles. The first-order valence-corrected chi connectivity index (χ1v) is 19.0. The van der Waals surface area contributed by atoms with E-state index in [0.29, 0.717) is 5.82 Å². The van der Waals surface area contributed by atoms with Crippen molar-refractivity contribution < 1.29 is 4.42 Å². The lowest BCUT2D eigenvalue weighted by Crippen LogP contribution is -1.96. The molecule has 4 heteroatoms. The first-order valence-electron chi connectivity index (χ1n) is 19.0.